The maximum Gasteiger partial charge on any atom is 0.234 e. The minimum absolute atomic E-state index is 0.0796. The molecule has 2 N–H and O–H groups in total. The van der Waals surface area contributed by atoms with Crippen molar-refractivity contribution in [2.75, 3.05) is 26.8 Å². The first-order valence-corrected chi connectivity index (χ1v) is 8.49. The average molecular weight is 345 g/mol. The number of nitrogens with one attached hydrogen (secondary N) is 2. The Kier molecular flexibility index (Phi) is 5.58. The summed E-state index contributed by atoms with van der Waals surface area (Å²) in [5.41, 5.74) is 0.964. The zero-order chi connectivity index (χ0) is 16.8. The number of amides is 1. The van der Waals surface area contributed by atoms with E-state index < -0.39 is 0 Å². The first-order valence-electron chi connectivity index (χ1n) is 7.67. The zero-order valence-electron chi connectivity index (χ0n) is 13.4. The van der Waals surface area contributed by atoms with Crippen LogP contribution in [0.15, 0.2) is 40.8 Å². The van der Waals surface area contributed by atoms with E-state index in [-0.39, 0.29) is 12.5 Å². The molecule has 0 bridgehead atoms. The van der Waals surface area contributed by atoms with Crippen LogP contribution in [0.4, 0.5) is 0 Å². The Hall–Kier alpha value is -2.22. The van der Waals surface area contributed by atoms with Crippen LogP contribution in [0.25, 0.3) is 21.0 Å². The Labute approximate surface area is 143 Å². The molecular formula is C17H19N3O3S. The Morgan fingerprint density at radius 2 is 2.17 bits per heavy atom. The van der Waals surface area contributed by atoms with E-state index in [1.165, 1.54) is 0 Å². The van der Waals surface area contributed by atoms with Gasteiger partial charge in [-0.3, -0.25) is 4.79 Å². The van der Waals surface area contributed by atoms with Crippen molar-refractivity contribution in [3.8, 4) is 10.8 Å². The second kappa shape index (κ2) is 8.05. The Balaban J connectivity index is 1.54. The molecule has 3 rings (SSSR count). The number of hydrogen-bond donors (Lipinski definition) is 2. The Bertz CT molecular complexity index is 779. The molecule has 0 fully saturated rings. The third-order valence-corrected chi connectivity index (χ3v) is 4.45. The summed E-state index contributed by atoms with van der Waals surface area (Å²) in [4.78, 5) is 16.3. The van der Waals surface area contributed by atoms with Gasteiger partial charge in [-0.15, -0.1) is 11.3 Å². The van der Waals surface area contributed by atoms with Crippen molar-refractivity contribution >= 4 is 27.5 Å². The summed E-state index contributed by atoms with van der Waals surface area (Å²) >= 11 is 1.59. The van der Waals surface area contributed by atoms with Crippen LogP contribution in [0.2, 0.25) is 0 Å². The average Bonchev–Trinajstić information content (AvgIpc) is 3.23. The minimum Gasteiger partial charge on any atom is -0.457 e. The molecule has 0 aliphatic carbocycles. The molecule has 126 valence electrons. The second-order valence-corrected chi connectivity index (χ2v) is 6.23. The van der Waals surface area contributed by atoms with Crippen LogP contribution in [0, 0.1) is 0 Å². The number of carbonyl (C=O) groups excluding carboxylic acids is 1. The van der Waals surface area contributed by atoms with Gasteiger partial charge >= 0.3 is 0 Å². The highest BCUT2D eigenvalue weighted by atomic mass is 32.1. The normalized spacial score (nSPS) is 11.0. The Morgan fingerprint density at radius 1 is 1.29 bits per heavy atom. The van der Waals surface area contributed by atoms with Gasteiger partial charge in [0.05, 0.1) is 29.9 Å². The van der Waals surface area contributed by atoms with E-state index >= 15 is 0 Å². The molecule has 7 heteroatoms. The largest absolute Gasteiger partial charge is 0.457 e. The molecule has 3 aromatic rings. The van der Waals surface area contributed by atoms with E-state index in [4.69, 9.17) is 9.15 Å². The first kappa shape index (κ1) is 16.6. The van der Waals surface area contributed by atoms with Crippen LogP contribution >= 0.6 is 11.3 Å². The molecule has 0 spiro atoms. The number of benzene rings is 1. The summed E-state index contributed by atoms with van der Waals surface area (Å²) in [6.07, 6.45) is 0. The molecule has 0 saturated carbocycles. The fraction of sp³-hybridized carbons (Fsp3) is 0.294. The van der Waals surface area contributed by atoms with Crippen LogP contribution in [0.3, 0.4) is 0 Å². The third-order valence-electron chi connectivity index (χ3n) is 3.39. The summed E-state index contributed by atoms with van der Waals surface area (Å²) in [5, 5.41) is 6.65. The third kappa shape index (κ3) is 4.19. The van der Waals surface area contributed by atoms with Crippen LogP contribution in [0.5, 0.6) is 0 Å². The highest BCUT2D eigenvalue weighted by molar-refractivity contribution is 7.21. The fourth-order valence-electron chi connectivity index (χ4n) is 2.19. The predicted molar refractivity (Wildman–Crippen MR) is 93.9 cm³/mol. The van der Waals surface area contributed by atoms with Crippen molar-refractivity contribution in [2.45, 2.75) is 6.54 Å². The van der Waals surface area contributed by atoms with Crippen molar-refractivity contribution in [1.29, 1.82) is 0 Å². The zero-order valence-corrected chi connectivity index (χ0v) is 14.2. The topological polar surface area (TPSA) is 76.4 Å². The minimum atomic E-state index is -0.0796. The maximum absolute atomic E-state index is 11.7. The standard InChI is InChI=1S/C17H19N3O3S/c1-22-9-8-18-11-16(21)19-10-12-6-7-14(23-12)17-20-13-4-2-3-5-15(13)24-17/h2-7,18H,8-11H2,1H3,(H,19,21). The van der Waals surface area contributed by atoms with Crippen LogP contribution < -0.4 is 10.6 Å². The van der Waals surface area contributed by atoms with Gasteiger partial charge in [-0.05, 0) is 24.3 Å². The van der Waals surface area contributed by atoms with Gasteiger partial charge in [0.1, 0.15) is 5.76 Å². The highest BCUT2D eigenvalue weighted by Crippen LogP contribution is 2.30. The number of fused-ring (bicyclic) bond motifs is 1. The number of thiazole rings is 1. The number of methoxy groups -OCH3 is 1. The van der Waals surface area contributed by atoms with Gasteiger partial charge in [0.2, 0.25) is 5.91 Å². The number of hydrogen-bond acceptors (Lipinski definition) is 6. The van der Waals surface area contributed by atoms with E-state index in [0.717, 1.165) is 21.0 Å². The number of furan rings is 1. The number of ether oxygens (including phenoxy) is 1. The lowest BCUT2D eigenvalue weighted by Crippen LogP contribution is -2.34. The number of carbonyl (C=O) groups is 1. The molecule has 0 unspecified atom stereocenters. The smallest absolute Gasteiger partial charge is 0.234 e. The SMILES string of the molecule is COCCNCC(=O)NCc1ccc(-c2nc3ccccc3s2)o1. The molecule has 2 aromatic heterocycles. The van der Waals surface area contributed by atoms with Gasteiger partial charge in [-0.2, -0.15) is 0 Å². The lowest BCUT2D eigenvalue weighted by molar-refractivity contribution is -0.120. The molecular weight excluding hydrogens is 326 g/mol. The van der Waals surface area contributed by atoms with Crippen molar-refractivity contribution in [1.82, 2.24) is 15.6 Å². The molecule has 2 heterocycles. The molecule has 24 heavy (non-hydrogen) atoms. The molecule has 1 amide bonds. The van der Waals surface area contributed by atoms with Crippen molar-refractivity contribution in [3.05, 3.63) is 42.2 Å². The van der Waals surface area contributed by atoms with Crippen LogP contribution in [-0.4, -0.2) is 37.7 Å². The summed E-state index contributed by atoms with van der Waals surface area (Å²) in [5.74, 6) is 1.34. The summed E-state index contributed by atoms with van der Waals surface area (Å²) in [6.45, 7) is 1.84. The van der Waals surface area contributed by atoms with E-state index in [1.807, 2.05) is 36.4 Å². The molecule has 0 saturated heterocycles. The van der Waals surface area contributed by atoms with Crippen molar-refractivity contribution in [2.24, 2.45) is 0 Å². The van der Waals surface area contributed by atoms with Gasteiger partial charge in [0.15, 0.2) is 10.8 Å². The number of para-hydroxylation sites is 1. The number of aromatic nitrogens is 1. The van der Waals surface area contributed by atoms with Gasteiger partial charge in [0, 0.05) is 13.7 Å². The quantitative estimate of drug-likeness (QED) is 0.613. The molecule has 6 nitrogen and oxygen atoms in total. The van der Waals surface area contributed by atoms with Crippen LogP contribution in [0.1, 0.15) is 5.76 Å². The van der Waals surface area contributed by atoms with E-state index in [0.29, 0.717) is 25.5 Å². The molecule has 0 radical (unpaired) electrons. The summed E-state index contributed by atoms with van der Waals surface area (Å²) in [7, 11) is 1.63. The lowest BCUT2D eigenvalue weighted by atomic mass is 10.3. The van der Waals surface area contributed by atoms with Crippen molar-refractivity contribution in [3.63, 3.8) is 0 Å². The monoisotopic (exact) mass is 345 g/mol. The van der Waals surface area contributed by atoms with Gasteiger partial charge in [0.25, 0.3) is 0 Å². The van der Waals surface area contributed by atoms with E-state index in [9.17, 15) is 4.79 Å². The Morgan fingerprint density at radius 3 is 3.00 bits per heavy atom. The van der Waals surface area contributed by atoms with Crippen LogP contribution in [-0.2, 0) is 16.1 Å². The van der Waals surface area contributed by atoms with Gasteiger partial charge in [-0.1, -0.05) is 12.1 Å². The van der Waals surface area contributed by atoms with Crippen molar-refractivity contribution < 1.29 is 13.9 Å². The highest BCUT2D eigenvalue weighted by Gasteiger charge is 2.11. The number of rotatable bonds is 8. The molecule has 0 aliphatic rings. The van der Waals surface area contributed by atoms with Gasteiger partial charge in [-0.25, -0.2) is 4.98 Å². The van der Waals surface area contributed by atoms with Gasteiger partial charge < -0.3 is 19.8 Å². The lowest BCUT2D eigenvalue weighted by Gasteiger charge is -2.04. The second-order valence-electron chi connectivity index (χ2n) is 5.20. The molecule has 0 atom stereocenters. The molecule has 0 aliphatic heterocycles. The first-order chi connectivity index (χ1) is 11.8. The van der Waals surface area contributed by atoms with E-state index in [2.05, 4.69) is 15.6 Å². The number of nitrogens with zero attached hydrogens (tertiary/aromatic N) is 1. The fourth-order valence-corrected chi connectivity index (χ4v) is 3.12. The maximum atomic E-state index is 11.7. The van der Waals surface area contributed by atoms with E-state index in [1.54, 1.807) is 18.4 Å². The summed E-state index contributed by atoms with van der Waals surface area (Å²) in [6, 6.07) is 11.7. The summed E-state index contributed by atoms with van der Waals surface area (Å²) < 4.78 is 11.8. The predicted octanol–water partition coefficient (Wildman–Crippen LogP) is 2.41. The molecule has 1 aromatic carbocycles.